The van der Waals surface area contributed by atoms with Crippen molar-refractivity contribution in [2.24, 2.45) is 0 Å². The normalized spacial score (nSPS) is 10.4. The molecule has 1 heterocycles. The van der Waals surface area contributed by atoms with Crippen LogP contribution in [0.3, 0.4) is 0 Å². The van der Waals surface area contributed by atoms with E-state index in [0.29, 0.717) is 0 Å². The minimum Gasteiger partial charge on any atom is -0.399 e. The number of nitrogens with one attached hydrogen (secondary N) is 1. The van der Waals surface area contributed by atoms with Crippen LogP contribution in [0, 0.1) is 0 Å². The molecule has 0 saturated heterocycles. The highest BCUT2D eigenvalue weighted by molar-refractivity contribution is 7.09. The van der Waals surface area contributed by atoms with Crippen LogP contribution in [0.15, 0.2) is 35.8 Å². The van der Waals surface area contributed by atoms with Gasteiger partial charge in [0.25, 0.3) is 0 Å². The molecule has 4 heteroatoms. The van der Waals surface area contributed by atoms with Crippen LogP contribution in [0.25, 0.3) is 0 Å². The Balaban J connectivity index is 1.83. The first-order valence-corrected chi connectivity index (χ1v) is 5.66. The number of hydrogen-bond acceptors (Lipinski definition) is 4. The van der Waals surface area contributed by atoms with Gasteiger partial charge in [-0.1, -0.05) is 12.1 Å². The summed E-state index contributed by atoms with van der Waals surface area (Å²) >= 11 is 1.66. The standard InChI is InChI=1S/C11H13N3S/c12-10-3-1-2-9(6-10)7-13-8-11-14-4-5-15-11/h1-6,13H,7-8,12H2. The summed E-state index contributed by atoms with van der Waals surface area (Å²) in [6.07, 6.45) is 1.82. The Morgan fingerprint density at radius 1 is 1.33 bits per heavy atom. The number of nitrogen functional groups attached to an aromatic ring is 1. The summed E-state index contributed by atoms with van der Waals surface area (Å²) in [7, 11) is 0. The molecule has 1 aromatic heterocycles. The van der Waals surface area contributed by atoms with E-state index in [-0.39, 0.29) is 0 Å². The van der Waals surface area contributed by atoms with E-state index >= 15 is 0 Å². The summed E-state index contributed by atoms with van der Waals surface area (Å²) in [5, 5.41) is 6.42. The van der Waals surface area contributed by atoms with Crippen LogP contribution >= 0.6 is 11.3 Å². The van der Waals surface area contributed by atoms with Crippen molar-refractivity contribution in [3.05, 3.63) is 46.4 Å². The summed E-state index contributed by atoms with van der Waals surface area (Å²) in [6.45, 7) is 1.64. The fraction of sp³-hybridized carbons (Fsp3) is 0.182. The van der Waals surface area contributed by atoms with E-state index in [1.54, 1.807) is 11.3 Å². The largest absolute Gasteiger partial charge is 0.399 e. The van der Waals surface area contributed by atoms with Crippen molar-refractivity contribution >= 4 is 17.0 Å². The van der Waals surface area contributed by atoms with E-state index in [1.165, 1.54) is 5.56 Å². The molecule has 2 aromatic rings. The molecule has 0 unspecified atom stereocenters. The summed E-state index contributed by atoms with van der Waals surface area (Å²) in [4.78, 5) is 4.20. The molecule has 0 aliphatic heterocycles. The summed E-state index contributed by atoms with van der Waals surface area (Å²) in [5.74, 6) is 0. The van der Waals surface area contributed by atoms with Gasteiger partial charge in [0.05, 0.1) is 0 Å². The van der Waals surface area contributed by atoms with Gasteiger partial charge in [-0.3, -0.25) is 0 Å². The second-order valence-corrected chi connectivity index (χ2v) is 4.25. The molecular weight excluding hydrogens is 206 g/mol. The average Bonchev–Trinajstić information content (AvgIpc) is 2.71. The van der Waals surface area contributed by atoms with Crippen LogP contribution in [0.4, 0.5) is 5.69 Å². The lowest BCUT2D eigenvalue weighted by Crippen LogP contribution is -2.12. The lowest BCUT2D eigenvalue weighted by Gasteiger charge is -2.03. The number of aromatic nitrogens is 1. The van der Waals surface area contributed by atoms with Crippen molar-refractivity contribution in [2.75, 3.05) is 5.73 Å². The van der Waals surface area contributed by atoms with Crippen molar-refractivity contribution in [3.63, 3.8) is 0 Å². The summed E-state index contributed by atoms with van der Waals surface area (Å²) < 4.78 is 0. The quantitative estimate of drug-likeness (QED) is 0.773. The first-order valence-electron chi connectivity index (χ1n) is 4.78. The molecule has 0 saturated carbocycles. The van der Waals surface area contributed by atoms with Gasteiger partial charge in [0.2, 0.25) is 0 Å². The molecule has 0 atom stereocenters. The topological polar surface area (TPSA) is 50.9 Å². The smallest absolute Gasteiger partial charge is 0.106 e. The van der Waals surface area contributed by atoms with Crippen molar-refractivity contribution < 1.29 is 0 Å². The van der Waals surface area contributed by atoms with E-state index in [9.17, 15) is 0 Å². The van der Waals surface area contributed by atoms with Crippen molar-refractivity contribution in [3.8, 4) is 0 Å². The average molecular weight is 219 g/mol. The van der Waals surface area contributed by atoms with Gasteiger partial charge >= 0.3 is 0 Å². The zero-order valence-electron chi connectivity index (χ0n) is 8.31. The molecule has 1 aromatic carbocycles. The van der Waals surface area contributed by atoms with Gasteiger partial charge in [-0.15, -0.1) is 11.3 Å². The lowest BCUT2D eigenvalue weighted by atomic mass is 10.2. The highest BCUT2D eigenvalue weighted by Gasteiger charge is 1.96. The number of anilines is 1. The minimum atomic E-state index is 0.809. The lowest BCUT2D eigenvalue weighted by molar-refractivity contribution is 0.690. The Hall–Kier alpha value is -1.39. The van der Waals surface area contributed by atoms with Crippen molar-refractivity contribution in [1.82, 2.24) is 10.3 Å². The highest BCUT2D eigenvalue weighted by Crippen LogP contribution is 2.07. The van der Waals surface area contributed by atoms with Crippen molar-refractivity contribution in [2.45, 2.75) is 13.1 Å². The van der Waals surface area contributed by atoms with Crippen LogP contribution in [0.2, 0.25) is 0 Å². The fourth-order valence-corrected chi connectivity index (χ4v) is 1.94. The Labute approximate surface area is 93.0 Å². The van der Waals surface area contributed by atoms with E-state index in [0.717, 1.165) is 23.8 Å². The predicted octanol–water partition coefficient (Wildman–Crippen LogP) is 2.02. The Bertz CT molecular complexity index is 412. The molecule has 0 spiro atoms. The van der Waals surface area contributed by atoms with Crippen LogP contribution in [-0.4, -0.2) is 4.98 Å². The number of nitrogens with zero attached hydrogens (tertiary/aromatic N) is 1. The Kier molecular flexibility index (Phi) is 3.32. The second kappa shape index (κ2) is 4.91. The second-order valence-electron chi connectivity index (χ2n) is 3.27. The molecule has 0 aliphatic carbocycles. The molecule has 0 radical (unpaired) electrons. The Morgan fingerprint density at radius 3 is 3.00 bits per heavy atom. The minimum absolute atomic E-state index is 0.809. The van der Waals surface area contributed by atoms with Crippen LogP contribution in [0.1, 0.15) is 10.6 Å². The third-order valence-corrected chi connectivity index (χ3v) is 2.82. The number of hydrogen-bond donors (Lipinski definition) is 2. The molecule has 78 valence electrons. The fourth-order valence-electron chi connectivity index (χ4n) is 1.36. The number of rotatable bonds is 4. The van der Waals surface area contributed by atoms with Gasteiger partial charge in [-0.25, -0.2) is 4.98 Å². The predicted molar refractivity (Wildman–Crippen MR) is 63.5 cm³/mol. The maximum absolute atomic E-state index is 5.69. The third-order valence-electron chi connectivity index (χ3n) is 2.04. The molecule has 3 N–H and O–H groups in total. The summed E-state index contributed by atoms with van der Waals surface area (Å²) in [5.41, 5.74) is 7.70. The van der Waals surface area contributed by atoms with Crippen molar-refractivity contribution in [1.29, 1.82) is 0 Å². The van der Waals surface area contributed by atoms with E-state index in [1.807, 2.05) is 29.8 Å². The monoisotopic (exact) mass is 219 g/mol. The highest BCUT2D eigenvalue weighted by atomic mass is 32.1. The molecule has 0 aliphatic rings. The summed E-state index contributed by atoms with van der Waals surface area (Å²) in [6, 6.07) is 7.90. The molecule has 0 bridgehead atoms. The molecule has 3 nitrogen and oxygen atoms in total. The molecule has 15 heavy (non-hydrogen) atoms. The molecule has 0 fully saturated rings. The number of nitrogens with two attached hydrogens (primary N) is 1. The molecule has 0 amide bonds. The van der Waals surface area contributed by atoms with Gasteiger partial charge in [0.1, 0.15) is 5.01 Å². The van der Waals surface area contributed by atoms with E-state index in [4.69, 9.17) is 5.73 Å². The van der Waals surface area contributed by atoms with Crippen LogP contribution < -0.4 is 11.1 Å². The number of benzene rings is 1. The van der Waals surface area contributed by atoms with Gasteiger partial charge in [0.15, 0.2) is 0 Å². The van der Waals surface area contributed by atoms with Gasteiger partial charge in [-0.05, 0) is 17.7 Å². The van der Waals surface area contributed by atoms with Crippen LogP contribution in [0.5, 0.6) is 0 Å². The molecule has 2 rings (SSSR count). The van der Waals surface area contributed by atoms with E-state index < -0.39 is 0 Å². The first kappa shape index (κ1) is 10.1. The van der Waals surface area contributed by atoms with Gasteiger partial charge < -0.3 is 11.1 Å². The zero-order valence-corrected chi connectivity index (χ0v) is 9.13. The maximum Gasteiger partial charge on any atom is 0.106 e. The first-order chi connectivity index (χ1) is 7.34. The number of thiazole rings is 1. The zero-order chi connectivity index (χ0) is 10.5. The van der Waals surface area contributed by atoms with E-state index in [2.05, 4.69) is 16.4 Å². The third kappa shape index (κ3) is 3.04. The molecular formula is C11H13N3S. The Morgan fingerprint density at radius 2 is 2.27 bits per heavy atom. The SMILES string of the molecule is Nc1cccc(CNCc2nccs2)c1. The maximum atomic E-state index is 5.69. The van der Waals surface area contributed by atoms with Crippen LogP contribution in [-0.2, 0) is 13.1 Å². The van der Waals surface area contributed by atoms with Gasteiger partial charge in [0, 0.05) is 30.4 Å². The van der Waals surface area contributed by atoms with Gasteiger partial charge in [-0.2, -0.15) is 0 Å².